The molecule has 1 aliphatic rings. The summed E-state index contributed by atoms with van der Waals surface area (Å²) in [6.45, 7) is 2.17. The van der Waals surface area contributed by atoms with Crippen molar-refractivity contribution in [2.75, 3.05) is 0 Å². The Kier molecular flexibility index (Phi) is 3.14. The maximum Gasteiger partial charge on any atom is 0.159 e. The molecule has 1 unspecified atom stereocenters. The van der Waals surface area contributed by atoms with Gasteiger partial charge in [-0.3, -0.25) is 4.79 Å². The Labute approximate surface area is 67.7 Å². The highest BCUT2D eigenvalue weighted by molar-refractivity contribution is 5.90. The van der Waals surface area contributed by atoms with E-state index >= 15 is 0 Å². The molecule has 1 aliphatic heterocycles. The van der Waals surface area contributed by atoms with Gasteiger partial charge in [-0.05, 0) is 12.5 Å². The Morgan fingerprint density at radius 1 is 1.73 bits per heavy atom. The molecule has 0 aromatic rings. The molecule has 0 spiro atoms. The Bertz CT molecular complexity index is 163. The number of carbonyl (C=O) groups excluding carboxylic acids is 1. The van der Waals surface area contributed by atoms with Crippen molar-refractivity contribution in [3.8, 4) is 0 Å². The monoisotopic (exact) mass is 153 g/mol. The van der Waals surface area contributed by atoms with E-state index in [9.17, 15) is 4.79 Å². The summed E-state index contributed by atoms with van der Waals surface area (Å²) in [6, 6.07) is 0.396. The van der Waals surface area contributed by atoms with Crippen LogP contribution >= 0.6 is 0 Å². The first-order valence-corrected chi connectivity index (χ1v) is 4.28. The lowest BCUT2D eigenvalue weighted by molar-refractivity contribution is -0.115. The molecule has 0 bridgehead atoms. The highest BCUT2D eigenvalue weighted by atomic mass is 16.1. The highest BCUT2D eigenvalue weighted by Crippen LogP contribution is 2.08. The Hall–Kier alpha value is -0.790. The van der Waals surface area contributed by atoms with Gasteiger partial charge in [0.1, 0.15) is 0 Å². The molecule has 0 saturated heterocycles. The van der Waals surface area contributed by atoms with Crippen LogP contribution in [-0.2, 0) is 4.79 Å². The van der Waals surface area contributed by atoms with E-state index in [1.165, 1.54) is 12.8 Å². The maximum absolute atomic E-state index is 10.9. The molecule has 0 aliphatic carbocycles. The topological polar surface area (TPSA) is 29.1 Å². The average Bonchev–Trinajstić information content (AvgIpc) is 2.01. The third-order valence-electron chi connectivity index (χ3n) is 1.95. The van der Waals surface area contributed by atoms with Gasteiger partial charge in [-0.25, -0.2) is 0 Å². The smallest absolute Gasteiger partial charge is 0.159 e. The molecule has 11 heavy (non-hydrogen) atoms. The van der Waals surface area contributed by atoms with E-state index in [0.717, 1.165) is 6.42 Å². The molecule has 1 atom stereocenters. The molecule has 0 aromatic heterocycles. The predicted octanol–water partition coefficient (Wildman–Crippen LogP) is 1.62. The number of hydrogen-bond donors (Lipinski definition) is 1. The summed E-state index contributed by atoms with van der Waals surface area (Å²) < 4.78 is 0. The molecular weight excluding hydrogens is 138 g/mol. The van der Waals surface area contributed by atoms with Crippen molar-refractivity contribution in [1.29, 1.82) is 0 Å². The number of unbranched alkanes of at least 4 members (excludes halogenated alkanes) is 1. The SMILES string of the molecule is CCCCC1CC(=O)C=CN1. The fraction of sp³-hybridized carbons (Fsp3) is 0.667. The van der Waals surface area contributed by atoms with E-state index in [2.05, 4.69) is 12.2 Å². The third-order valence-corrected chi connectivity index (χ3v) is 1.95. The van der Waals surface area contributed by atoms with Crippen LogP contribution in [0.2, 0.25) is 0 Å². The molecule has 2 nitrogen and oxygen atoms in total. The predicted molar refractivity (Wildman–Crippen MR) is 45.2 cm³/mol. The average molecular weight is 153 g/mol. The minimum atomic E-state index is 0.254. The molecule has 0 saturated carbocycles. The lowest BCUT2D eigenvalue weighted by Gasteiger charge is -2.18. The first-order chi connectivity index (χ1) is 5.33. The molecule has 2 heteroatoms. The van der Waals surface area contributed by atoms with Crippen LogP contribution in [0.4, 0.5) is 0 Å². The molecule has 0 aromatic carbocycles. The van der Waals surface area contributed by atoms with Crippen LogP contribution in [0.3, 0.4) is 0 Å². The molecule has 0 fully saturated rings. The summed E-state index contributed by atoms with van der Waals surface area (Å²) in [6.07, 6.45) is 7.59. The van der Waals surface area contributed by atoms with Gasteiger partial charge in [0.15, 0.2) is 5.78 Å². The minimum absolute atomic E-state index is 0.254. The van der Waals surface area contributed by atoms with Crippen LogP contribution in [0.25, 0.3) is 0 Å². The third kappa shape index (κ3) is 2.74. The van der Waals surface area contributed by atoms with E-state index in [-0.39, 0.29) is 5.78 Å². The van der Waals surface area contributed by atoms with Gasteiger partial charge in [0.2, 0.25) is 0 Å². The van der Waals surface area contributed by atoms with Crippen molar-refractivity contribution in [1.82, 2.24) is 5.32 Å². The van der Waals surface area contributed by atoms with Gasteiger partial charge >= 0.3 is 0 Å². The fourth-order valence-electron chi connectivity index (χ4n) is 1.28. The van der Waals surface area contributed by atoms with Gasteiger partial charge in [0.05, 0.1) is 0 Å². The van der Waals surface area contributed by atoms with E-state index in [1.807, 2.05) is 0 Å². The van der Waals surface area contributed by atoms with E-state index in [1.54, 1.807) is 12.3 Å². The lowest BCUT2D eigenvalue weighted by Crippen LogP contribution is -2.30. The summed E-state index contributed by atoms with van der Waals surface area (Å²) >= 11 is 0. The van der Waals surface area contributed by atoms with Gasteiger partial charge in [0.25, 0.3) is 0 Å². The molecule has 0 amide bonds. The van der Waals surface area contributed by atoms with Gasteiger partial charge in [0, 0.05) is 18.7 Å². The molecule has 62 valence electrons. The zero-order chi connectivity index (χ0) is 8.10. The first-order valence-electron chi connectivity index (χ1n) is 4.28. The summed E-state index contributed by atoms with van der Waals surface area (Å²) in [5, 5.41) is 3.18. The van der Waals surface area contributed by atoms with E-state index < -0.39 is 0 Å². The zero-order valence-corrected chi connectivity index (χ0v) is 6.97. The lowest BCUT2D eigenvalue weighted by atomic mass is 10.0. The Morgan fingerprint density at radius 2 is 2.55 bits per heavy atom. The standard InChI is InChI=1S/C9H15NO/c1-2-3-4-8-7-9(11)5-6-10-8/h5-6,8,10H,2-4,7H2,1H3. The largest absolute Gasteiger partial charge is 0.388 e. The number of hydrogen-bond acceptors (Lipinski definition) is 2. The van der Waals surface area contributed by atoms with Crippen molar-refractivity contribution in [2.24, 2.45) is 0 Å². The fourth-order valence-corrected chi connectivity index (χ4v) is 1.28. The maximum atomic E-state index is 10.9. The van der Waals surface area contributed by atoms with Gasteiger partial charge < -0.3 is 5.32 Å². The number of nitrogens with one attached hydrogen (secondary N) is 1. The Balaban J connectivity index is 2.26. The van der Waals surface area contributed by atoms with Crippen LogP contribution in [0.1, 0.15) is 32.6 Å². The number of ketones is 1. The van der Waals surface area contributed by atoms with Crippen LogP contribution in [0.5, 0.6) is 0 Å². The second kappa shape index (κ2) is 4.16. The first kappa shape index (κ1) is 8.31. The summed E-state index contributed by atoms with van der Waals surface area (Å²) in [5.74, 6) is 0.254. The van der Waals surface area contributed by atoms with Gasteiger partial charge in [-0.2, -0.15) is 0 Å². The molecule has 1 rings (SSSR count). The quantitative estimate of drug-likeness (QED) is 0.667. The van der Waals surface area contributed by atoms with Crippen LogP contribution < -0.4 is 5.32 Å². The second-order valence-corrected chi connectivity index (χ2v) is 3.01. The minimum Gasteiger partial charge on any atom is -0.388 e. The van der Waals surface area contributed by atoms with Gasteiger partial charge in [-0.15, -0.1) is 0 Å². The van der Waals surface area contributed by atoms with Crippen molar-refractivity contribution >= 4 is 5.78 Å². The number of allylic oxidation sites excluding steroid dienone is 1. The summed E-state index contributed by atoms with van der Waals surface area (Å²) in [5.41, 5.74) is 0. The van der Waals surface area contributed by atoms with Crippen LogP contribution in [0.15, 0.2) is 12.3 Å². The second-order valence-electron chi connectivity index (χ2n) is 3.01. The number of rotatable bonds is 3. The molecular formula is C9H15NO. The summed E-state index contributed by atoms with van der Waals surface area (Å²) in [4.78, 5) is 10.9. The van der Waals surface area contributed by atoms with Crippen molar-refractivity contribution in [2.45, 2.75) is 38.6 Å². The zero-order valence-electron chi connectivity index (χ0n) is 6.97. The number of carbonyl (C=O) groups is 1. The molecule has 1 heterocycles. The van der Waals surface area contributed by atoms with Crippen molar-refractivity contribution < 1.29 is 4.79 Å². The van der Waals surface area contributed by atoms with Crippen LogP contribution in [0, 0.1) is 0 Å². The highest BCUT2D eigenvalue weighted by Gasteiger charge is 2.12. The Morgan fingerprint density at radius 3 is 3.18 bits per heavy atom. The van der Waals surface area contributed by atoms with Crippen LogP contribution in [-0.4, -0.2) is 11.8 Å². The summed E-state index contributed by atoms with van der Waals surface area (Å²) in [7, 11) is 0. The van der Waals surface area contributed by atoms with Crippen molar-refractivity contribution in [3.63, 3.8) is 0 Å². The van der Waals surface area contributed by atoms with E-state index in [4.69, 9.17) is 0 Å². The molecule has 1 N–H and O–H groups in total. The van der Waals surface area contributed by atoms with Crippen molar-refractivity contribution in [3.05, 3.63) is 12.3 Å². The normalized spacial score (nSPS) is 23.4. The molecule has 0 radical (unpaired) electrons. The van der Waals surface area contributed by atoms with E-state index in [0.29, 0.717) is 12.5 Å². The van der Waals surface area contributed by atoms with Gasteiger partial charge in [-0.1, -0.05) is 19.8 Å².